The number of rotatable bonds is 7. The average Bonchev–Trinajstić information content (AvgIpc) is 3.30. The molecule has 33 heavy (non-hydrogen) atoms. The van der Waals surface area contributed by atoms with Gasteiger partial charge in [-0.1, -0.05) is 42.0 Å². The second-order valence-corrected chi connectivity index (χ2v) is 7.38. The van der Waals surface area contributed by atoms with E-state index in [9.17, 15) is 9.59 Å². The summed E-state index contributed by atoms with van der Waals surface area (Å²) in [5.74, 6) is 0.000369. The minimum absolute atomic E-state index is 0.249. The Bertz CT molecular complexity index is 1280. The number of tetrazole rings is 1. The van der Waals surface area contributed by atoms with Gasteiger partial charge in [-0.2, -0.15) is 0 Å². The van der Waals surface area contributed by atoms with E-state index in [-0.39, 0.29) is 11.7 Å². The largest absolute Gasteiger partial charge is 0.497 e. The SMILES string of the molecule is COc1ccc(C(=O)Nc2ccccc2-c2nnn(C(C(N)=O)c3ccc(C)cc3)n2)cc1. The Hall–Kier alpha value is -4.53. The first-order chi connectivity index (χ1) is 16.0. The van der Waals surface area contributed by atoms with Crippen LogP contribution >= 0.6 is 0 Å². The molecule has 0 radical (unpaired) electrons. The molecular formula is C24H22N6O3. The molecule has 3 N–H and O–H groups in total. The van der Waals surface area contributed by atoms with E-state index in [4.69, 9.17) is 10.5 Å². The Balaban J connectivity index is 1.62. The summed E-state index contributed by atoms with van der Waals surface area (Å²) < 4.78 is 5.13. The molecule has 4 aromatic rings. The van der Waals surface area contributed by atoms with Gasteiger partial charge in [-0.3, -0.25) is 9.59 Å². The van der Waals surface area contributed by atoms with Crippen LogP contribution in [-0.4, -0.2) is 39.1 Å². The molecule has 1 atom stereocenters. The zero-order chi connectivity index (χ0) is 23.4. The van der Waals surface area contributed by atoms with Crippen LogP contribution in [0.1, 0.15) is 27.5 Å². The zero-order valence-corrected chi connectivity index (χ0v) is 18.1. The molecule has 0 aliphatic carbocycles. The summed E-state index contributed by atoms with van der Waals surface area (Å²) in [5, 5.41) is 15.4. The highest BCUT2D eigenvalue weighted by atomic mass is 16.5. The fourth-order valence-electron chi connectivity index (χ4n) is 3.33. The number of methoxy groups -OCH3 is 1. The molecule has 0 saturated carbocycles. The maximum atomic E-state index is 12.7. The Morgan fingerprint density at radius 2 is 1.70 bits per heavy atom. The molecule has 1 aromatic heterocycles. The van der Waals surface area contributed by atoms with Gasteiger partial charge in [0, 0.05) is 11.1 Å². The highest BCUT2D eigenvalue weighted by Crippen LogP contribution is 2.26. The Labute approximate surface area is 190 Å². The van der Waals surface area contributed by atoms with Crippen LogP contribution in [0, 0.1) is 6.92 Å². The van der Waals surface area contributed by atoms with Crippen molar-refractivity contribution >= 4 is 17.5 Å². The summed E-state index contributed by atoms with van der Waals surface area (Å²) in [6, 6.07) is 20.3. The zero-order valence-electron chi connectivity index (χ0n) is 18.1. The first-order valence-electron chi connectivity index (χ1n) is 10.2. The van der Waals surface area contributed by atoms with Gasteiger partial charge in [0.25, 0.3) is 5.91 Å². The van der Waals surface area contributed by atoms with Crippen LogP contribution in [-0.2, 0) is 4.79 Å². The number of anilines is 1. The molecule has 0 aliphatic rings. The first kappa shape index (κ1) is 21.7. The number of carbonyl (C=O) groups is 2. The quantitative estimate of drug-likeness (QED) is 0.453. The van der Waals surface area contributed by atoms with E-state index in [2.05, 4.69) is 20.7 Å². The van der Waals surface area contributed by atoms with Crippen molar-refractivity contribution in [2.24, 2.45) is 5.73 Å². The van der Waals surface area contributed by atoms with Gasteiger partial charge in [-0.25, -0.2) is 0 Å². The van der Waals surface area contributed by atoms with Crippen LogP contribution in [0.25, 0.3) is 11.4 Å². The van der Waals surface area contributed by atoms with Gasteiger partial charge >= 0.3 is 0 Å². The molecule has 0 fully saturated rings. The molecule has 0 spiro atoms. The molecular weight excluding hydrogens is 420 g/mol. The minimum atomic E-state index is -0.909. The van der Waals surface area contributed by atoms with Crippen LogP contribution in [0.15, 0.2) is 72.8 Å². The Morgan fingerprint density at radius 1 is 1.00 bits per heavy atom. The van der Waals surface area contributed by atoms with Crippen molar-refractivity contribution in [3.63, 3.8) is 0 Å². The van der Waals surface area contributed by atoms with Gasteiger partial charge in [0.05, 0.1) is 12.8 Å². The van der Waals surface area contributed by atoms with Crippen LogP contribution < -0.4 is 15.8 Å². The maximum absolute atomic E-state index is 12.7. The van der Waals surface area contributed by atoms with Gasteiger partial charge in [0.15, 0.2) is 6.04 Å². The Morgan fingerprint density at radius 3 is 2.36 bits per heavy atom. The van der Waals surface area contributed by atoms with Crippen molar-refractivity contribution in [2.75, 3.05) is 12.4 Å². The Kier molecular flexibility index (Phi) is 6.12. The van der Waals surface area contributed by atoms with Gasteiger partial charge in [0.1, 0.15) is 5.75 Å². The van der Waals surface area contributed by atoms with E-state index in [1.54, 1.807) is 67.8 Å². The van der Waals surface area contributed by atoms with Crippen LogP contribution in [0.5, 0.6) is 5.75 Å². The normalized spacial score (nSPS) is 11.6. The smallest absolute Gasteiger partial charge is 0.255 e. The molecule has 1 heterocycles. The number of hydrogen-bond donors (Lipinski definition) is 2. The topological polar surface area (TPSA) is 125 Å². The van der Waals surface area contributed by atoms with E-state index >= 15 is 0 Å². The number of nitrogens with two attached hydrogens (primary N) is 1. The first-order valence-corrected chi connectivity index (χ1v) is 10.2. The monoisotopic (exact) mass is 442 g/mol. The summed E-state index contributed by atoms with van der Waals surface area (Å²) in [4.78, 5) is 26.1. The fraction of sp³-hybridized carbons (Fsp3) is 0.125. The van der Waals surface area contributed by atoms with Crippen molar-refractivity contribution in [3.05, 3.63) is 89.5 Å². The standard InChI is InChI=1S/C24H22N6O3/c1-15-7-9-16(10-8-15)21(22(25)31)30-28-23(27-29-30)19-5-3-4-6-20(19)26-24(32)17-11-13-18(33-2)14-12-17/h3-14,21H,1-2H3,(H2,25,31)(H,26,32). The van der Waals surface area contributed by atoms with Crippen LogP contribution in [0.3, 0.4) is 0 Å². The third-order valence-electron chi connectivity index (χ3n) is 5.09. The number of aryl methyl sites for hydroxylation is 1. The fourth-order valence-corrected chi connectivity index (χ4v) is 3.33. The lowest BCUT2D eigenvalue weighted by atomic mass is 10.1. The van der Waals surface area contributed by atoms with E-state index in [0.717, 1.165) is 5.56 Å². The minimum Gasteiger partial charge on any atom is -0.497 e. The number of benzene rings is 3. The highest BCUT2D eigenvalue weighted by molar-refractivity contribution is 6.06. The lowest BCUT2D eigenvalue weighted by molar-refractivity contribution is -0.120. The number of carbonyl (C=O) groups excluding carboxylic acids is 2. The molecule has 4 rings (SSSR count). The molecule has 3 aromatic carbocycles. The number of ether oxygens (including phenoxy) is 1. The molecule has 9 heteroatoms. The summed E-state index contributed by atoms with van der Waals surface area (Å²) >= 11 is 0. The van der Waals surface area contributed by atoms with Crippen molar-refractivity contribution in [1.29, 1.82) is 0 Å². The number of aromatic nitrogens is 4. The highest BCUT2D eigenvalue weighted by Gasteiger charge is 2.24. The molecule has 0 aliphatic heterocycles. The molecule has 166 valence electrons. The van der Waals surface area contributed by atoms with E-state index in [0.29, 0.717) is 28.1 Å². The van der Waals surface area contributed by atoms with Crippen molar-refractivity contribution < 1.29 is 14.3 Å². The lowest BCUT2D eigenvalue weighted by Gasteiger charge is -2.12. The van der Waals surface area contributed by atoms with Crippen molar-refractivity contribution in [3.8, 4) is 17.1 Å². The predicted octanol–water partition coefficient (Wildman–Crippen LogP) is 2.98. The summed E-state index contributed by atoms with van der Waals surface area (Å²) in [5.41, 5.74) is 8.86. The van der Waals surface area contributed by atoms with Gasteiger partial charge in [-0.15, -0.1) is 15.0 Å². The number of primary amides is 1. The second-order valence-electron chi connectivity index (χ2n) is 7.38. The lowest BCUT2D eigenvalue weighted by Crippen LogP contribution is -2.29. The second kappa shape index (κ2) is 9.31. The van der Waals surface area contributed by atoms with Gasteiger partial charge in [-0.05, 0) is 54.1 Å². The van der Waals surface area contributed by atoms with Crippen molar-refractivity contribution in [1.82, 2.24) is 20.2 Å². The molecule has 9 nitrogen and oxygen atoms in total. The summed E-state index contributed by atoms with van der Waals surface area (Å²) in [6.07, 6.45) is 0. The summed E-state index contributed by atoms with van der Waals surface area (Å²) in [7, 11) is 1.56. The van der Waals surface area contributed by atoms with Crippen molar-refractivity contribution in [2.45, 2.75) is 13.0 Å². The maximum Gasteiger partial charge on any atom is 0.255 e. The molecule has 0 saturated heterocycles. The van der Waals surface area contributed by atoms with E-state index < -0.39 is 11.9 Å². The van der Waals surface area contributed by atoms with Gasteiger partial charge < -0.3 is 15.8 Å². The average molecular weight is 442 g/mol. The third-order valence-corrected chi connectivity index (χ3v) is 5.09. The van der Waals surface area contributed by atoms with E-state index in [1.165, 1.54) is 4.80 Å². The number of nitrogens with one attached hydrogen (secondary N) is 1. The van der Waals surface area contributed by atoms with Gasteiger partial charge in [0.2, 0.25) is 11.7 Å². The number of hydrogen-bond acceptors (Lipinski definition) is 6. The molecule has 0 bridgehead atoms. The van der Waals surface area contributed by atoms with Crippen LogP contribution in [0.2, 0.25) is 0 Å². The molecule has 2 amide bonds. The number of nitrogens with zero attached hydrogens (tertiary/aromatic N) is 4. The third kappa shape index (κ3) is 4.72. The number of amides is 2. The summed E-state index contributed by atoms with van der Waals surface area (Å²) in [6.45, 7) is 1.95. The van der Waals surface area contributed by atoms with Crippen LogP contribution in [0.4, 0.5) is 5.69 Å². The molecule has 1 unspecified atom stereocenters. The number of para-hydroxylation sites is 1. The van der Waals surface area contributed by atoms with E-state index in [1.807, 2.05) is 19.1 Å². The predicted molar refractivity (Wildman–Crippen MR) is 123 cm³/mol.